The van der Waals surface area contributed by atoms with Crippen LogP contribution in [0.3, 0.4) is 0 Å². The number of sulfone groups is 1. The number of rotatable bonds is 7. The van der Waals surface area contributed by atoms with E-state index in [4.69, 9.17) is 4.74 Å². The van der Waals surface area contributed by atoms with Crippen molar-refractivity contribution >= 4 is 15.6 Å². The molecule has 1 heterocycles. The Kier molecular flexibility index (Phi) is 5.29. The van der Waals surface area contributed by atoms with Crippen LogP contribution in [-0.4, -0.2) is 31.6 Å². The van der Waals surface area contributed by atoms with Gasteiger partial charge >= 0.3 is 0 Å². The minimum Gasteiger partial charge on any atom is -0.485 e. The number of Topliss-reactive ketones (excluding diaryl/α,β-unsaturated/α-hetero) is 1. The molecule has 0 bridgehead atoms. The van der Waals surface area contributed by atoms with Crippen molar-refractivity contribution in [1.82, 2.24) is 4.57 Å². The summed E-state index contributed by atoms with van der Waals surface area (Å²) in [5, 5.41) is 0. The second kappa shape index (κ2) is 7.05. The summed E-state index contributed by atoms with van der Waals surface area (Å²) in [6.07, 6.45) is 2.93. The van der Waals surface area contributed by atoms with Gasteiger partial charge in [0.1, 0.15) is 5.75 Å². The van der Waals surface area contributed by atoms with Crippen molar-refractivity contribution < 1.29 is 17.9 Å². The van der Waals surface area contributed by atoms with E-state index in [1.807, 2.05) is 24.5 Å². The van der Waals surface area contributed by atoms with Gasteiger partial charge in [0.05, 0.1) is 4.90 Å². The van der Waals surface area contributed by atoms with E-state index in [1.165, 1.54) is 12.1 Å². The number of ketones is 1. The van der Waals surface area contributed by atoms with E-state index >= 15 is 0 Å². The van der Waals surface area contributed by atoms with Gasteiger partial charge in [-0.15, -0.1) is 6.58 Å². The Labute approximate surface area is 142 Å². The zero-order chi connectivity index (χ0) is 17.9. The van der Waals surface area contributed by atoms with Crippen LogP contribution in [0.4, 0.5) is 0 Å². The summed E-state index contributed by atoms with van der Waals surface area (Å²) < 4.78 is 30.3. The molecule has 0 N–H and O–H groups in total. The van der Waals surface area contributed by atoms with Crippen LogP contribution >= 0.6 is 0 Å². The zero-order valence-corrected chi connectivity index (χ0v) is 14.9. The molecule has 0 fully saturated rings. The summed E-state index contributed by atoms with van der Waals surface area (Å²) in [5.41, 5.74) is 2.50. The van der Waals surface area contributed by atoms with Crippen LogP contribution in [0.5, 0.6) is 5.75 Å². The predicted molar refractivity (Wildman–Crippen MR) is 93.5 cm³/mol. The third-order valence-corrected chi connectivity index (χ3v) is 4.94. The molecule has 0 radical (unpaired) electrons. The number of nitrogens with zero attached hydrogens (tertiary/aromatic N) is 1. The maximum Gasteiger partial charge on any atom is 0.202 e. The van der Waals surface area contributed by atoms with Gasteiger partial charge in [-0.25, -0.2) is 8.42 Å². The molecule has 0 spiro atoms. The molecule has 2 aromatic rings. The topological polar surface area (TPSA) is 65.4 Å². The largest absolute Gasteiger partial charge is 0.485 e. The van der Waals surface area contributed by atoms with Crippen LogP contribution in [0, 0.1) is 13.8 Å². The maximum absolute atomic E-state index is 12.4. The number of aromatic nitrogens is 1. The maximum atomic E-state index is 12.4. The Morgan fingerprint density at radius 1 is 1.25 bits per heavy atom. The molecule has 24 heavy (non-hydrogen) atoms. The SMILES string of the molecule is C=CCn1c(C)cc(C(=O)COc2ccc(S(C)(=O)=O)cc2)c1C. The first-order valence-corrected chi connectivity index (χ1v) is 9.37. The highest BCUT2D eigenvalue weighted by Crippen LogP contribution is 2.18. The van der Waals surface area contributed by atoms with Gasteiger partial charge in [0, 0.05) is 29.8 Å². The highest BCUT2D eigenvalue weighted by molar-refractivity contribution is 7.90. The standard InChI is InChI=1S/C18H21NO4S/c1-5-10-19-13(2)11-17(14(19)3)18(20)12-23-15-6-8-16(9-7-15)24(4,21)22/h5-9,11H,1,10,12H2,2-4H3. The number of carbonyl (C=O) groups excluding carboxylic acids is 1. The normalized spacial score (nSPS) is 11.3. The van der Waals surface area contributed by atoms with E-state index in [0.717, 1.165) is 17.6 Å². The van der Waals surface area contributed by atoms with Gasteiger partial charge < -0.3 is 9.30 Å². The van der Waals surface area contributed by atoms with Crippen LogP contribution in [-0.2, 0) is 16.4 Å². The molecule has 0 amide bonds. The molecule has 6 heteroatoms. The summed E-state index contributed by atoms with van der Waals surface area (Å²) in [5.74, 6) is 0.334. The van der Waals surface area contributed by atoms with Gasteiger partial charge in [0.25, 0.3) is 0 Å². The first-order chi connectivity index (χ1) is 11.2. The lowest BCUT2D eigenvalue weighted by atomic mass is 10.1. The first kappa shape index (κ1) is 18.0. The summed E-state index contributed by atoms with van der Waals surface area (Å²) in [6, 6.07) is 7.86. The Morgan fingerprint density at radius 3 is 2.42 bits per heavy atom. The Hall–Kier alpha value is -2.34. The molecular formula is C18H21NO4S. The number of ether oxygens (including phenoxy) is 1. The van der Waals surface area contributed by atoms with Gasteiger partial charge in [-0.3, -0.25) is 4.79 Å². The van der Waals surface area contributed by atoms with Gasteiger partial charge in [-0.2, -0.15) is 0 Å². The molecule has 128 valence electrons. The minimum absolute atomic E-state index is 0.101. The molecule has 0 aliphatic heterocycles. The van der Waals surface area contributed by atoms with Crippen LogP contribution in [0.15, 0.2) is 47.9 Å². The fourth-order valence-corrected chi connectivity index (χ4v) is 3.13. The highest BCUT2D eigenvalue weighted by atomic mass is 32.2. The Balaban J connectivity index is 2.08. The van der Waals surface area contributed by atoms with Gasteiger partial charge in [0.15, 0.2) is 16.4 Å². The molecule has 0 aliphatic rings. The fraction of sp³-hybridized carbons (Fsp3) is 0.278. The molecular weight excluding hydrogens is 326 g/mol. The Bertz CT molecular complexity index is 861. The van der Waals surface area contributed by atoms with Crippen molar-refractivity contribution in [2.45, 2.75) is 25.3 Å². The van der Waals surface area contributed by atoms with E-state index < -0.39 is 9.84 Å². The van der Waals surface area contributed by atoms with Gasteiger partial charge in [0.2, 0.25) is 5.78 Å². The molecule has 0 saturated carbocycles. The van der Waals surface area contributed by atoms with E-state index in [-0.39, 0.29) is 17.3 Å². The molecule has 0 unspecified atom stereocenters. The van der Waals surface area contributed by atoms with Crippen molar-refractivity contribution in [3.8, 4) is 5.75 Å². The molecule has 2 rings (SSSR count). The van der Waals surface area contributed by atoms with E-state index in [2.05, 4.69) is 6.58 Å². The fourth-order valence-electron chi connectivity index (χ4n) is 2.50. The zero-order valence-electron chi connectivity index (χ0n) is 14.1. The lowest BCUT2D eigenvalue weighted by Crippen LogP contribution is -2.13. The monoisotopic (exact) mass is 347 g/mol. The quantitative estimate of drug-likeness (QED) is 0.570. The third-order valence-electron chi connectivity index (χ3n) is 3.81. The lowest BCUT2D eigenvalue weighted by molar-refractivity contribution is 0.0920. The smallest absolute Gasteiger partial charge is 0.202 e. The number of benzene rings is 1. The minimum atomic E-state index is -3.24. The van der Waals surface area contributed by atoms with Crippen LogP contribution < -0.4 is 4.74 Å². The van der Waals surface area contributed by atoms with Gasteiger partial charge in [-0.1, -0.05) is 6.08 Å². The number of allylic oxidation sites excluding steroid dienone is 1. The van der Waals surface area contributed by atoms with Crippen LogP contribution in [0.2, 0.25) is 0 Å². The first-order valence-electron chi connectivity index (χ1n) is 7.47. The molecule has 0 saturated heterocycles. The third kappa shape index (κ3) is 3.94. The highest BCUT2D eigenvalue weighted by Gasteiger charge is 2.16. The van der Waals surface area contributed by atoms with Crippen molar-refractivity contribution in [2.75, 3.05) is 12.9 Å². The Morgan fingerprint density at radius 2 is 1.88 bits per heavy atom. The molecule has 0 atom stereocenters. The molecule has 1 aromatic heterocycles. The number of hydrogen-bond acceptors (Lipinski definition) is 4. The van der Waals surface area contributed by atoms with Crippen molar-refractivity contribution in [3.63, 3.8) is 0 Å². The second-order valence-corrected chi connectivity index (χ2v) is 7.66. The molecule has 1 aromatic carbocycles. The number of carbonyl (C=O) groups is 1. The van der Waals surface area contributed by atoms with E-state index in [9.17, 15) is 13.2 Å². The van der Waals surface area contributed by atoms with Crippen molar-refractivity contribution in [3.05, 3.63) is 59.9 Å². The van der Waals surface area contributed by atoms with Crippen LogP contribution in [0.25, 0.3) is 0 Å². The lowest BCUT2D eigenvalue weighted by Gasteiger charge is -2.08. The van der Waals surface area contributed by atoms with Gasteiger partial charge in [-0.05, 0) is 44.2 Å². The molecule has 0 aliphatic carbocycles. The average molecular weight is 347 g/mol. The number of aryl methyl sites for hydroxylation is 1. The summed E-state index contributed by atoms with van der Waals surface area (Å²) in [4.78, 5) is 12.6. The second-order valence-electron chi connectivity index (χ2n) is 5.64. The summed E-state index contributed by atoms with van der Waals surface area (Å²) >= 11 is 0. The van der Waals surface area contributed by atoms with Crippen LogP contribution in [0.1, 0.15) is 21.7 Å². The summed E-state index contributed by atoms with van der Waals surface area (Å²) in [6.45, 7) is 8.11. The van der Waals surface area contributed by atoms with E-state index in [0.29, 0.717) is 17.9 Å². The van der Waals surface area contributed by atoms with Crippen molar-refractivity contribution in [1.29, 1.82) is 0 Å². The summed E-state index contributed by atoms with van der Waals surface area (Å²) in [7, 11) is -3.24. The predicted octanol–water partition coefficient (Wildman–Crippen LogP) is 2.96. The average Bonchev–Trinajstić information content (AvgIpc) is 2.81. The van der Waals surface area contributed by atoms with E-state index in [1.54, 1.807) is 18.2 Å². The number of hydrogen-bond donors (Lipinski definition) is 0. The van der Waals surface area contributed by atoms with Crippen molar-refractivity contribution in [2.24, 2.45) is 0 Å². The molecule has 5 nitrogen and oxygen atoms in total.